The summed E-state index contributed by atoms with van der Waals surface area (Å²) in [6.07, 6.45) is 1.99. The highest BCUT2D eigenvalue weighted by Gasteiger charge is 2.19. The molecule has 0 bridgehead atoms. The van der Waals surface area contributed by atoms with Gasteiger partial charge in [-0.15, -0.1) is 0 Å². The van der Waals surface area contributed by atoms with E-state index in [9.17, 15) is 5.11 Å². The Kier molecular flexibility index (Phi) is 5.40. The van der Waals surface area contributed by atoms with Crippen LogP contribution in [0.2, 0.25) is 0 Å². The molecular weight excluding hydrogens is 182 g/mol. The van der Waals surface area contributed by atoms with Crippen molar-refractivity contribution in [1.29, 1.82) is 0 Å². The summed E-state index contributed by atoms with van der Waals surface area (Å²) < 4.78 is 10.3. The number of rotatable bonds is 5. The topological polar surface area (TPSA) is 50.7 Å². The Morgan fingerprint density at radius 3 is 3.07 bits per heavy atom. The van der Waals surface area contributed by atoms with Gasteiger partial charge in [0.05, 0.1) is 18.8 Å². The molecular formula is C10H21NO3. The van der Waals surface area contributed by atoms with E-state index in [4.69, 9.17) is 9.47 Å². The Morgan fingerprint density at radius 2 is 2.43 bits per heavy atom. The lowest BCUT2D eigenvalue weighted by molar-refractivity contribution is 0.00770. The van der Waals surface area contributed by atoms with E-state index >= 15 is 0 Å². The van der Waals surface area contributed by atoms with E-state index in [-0.39, 0.29) is 0 Å². The van der Waals surface area contributed by atoms with Crippen LogP contribution in [0.1, 0.15) is 19.8 Å². The third kappa shape index (κ3) is 4.37. The number of aliphatic hydroxyl groups is 1. The van der Waals surface area contributed by atoms with Gasteiger partial charge in [-0.3, -0.25) is 0 Å². The van der Waals surface area contributed by atoms with Gasteiger partial charge in [-0.25, -0.2) is 0 Å². The number of nitrogens with one attached hydrogen (secondary N) is 1. The number of hydrogen-bond donors (Lipinski definition) is 2. The van der Waals surface area contributed by atoms with Gasteiger partial charge in [0.1, 0.15) is 0 Å². The van der Waals surface area contributed by atoms with Crippen LogP contribution < -0.4 is 5.32 Å². The smallest absolute Gasteiger partial charge is 0.0897 e. The molecule has 1 rings (SSSR count). The summed E-state index contributed by atoms with van der Waals surface area (Å²) in [7, 11) is 1.60. The van der Waals surface area contributed by atoms with Crippen LogP contribution in [-0.2, 0) is 9.47 Å². The van der Waals surface area contributed by atoms with Gasteiger partial charge in [-0.2, -0.15) is 0 Å². The molecule has 1 heterocycles. The zero-order valence-corrected chi connectivity index (χ0v) is 9.03. The molecule has 0 radical (unpaired) electrons. The summed E-state index contributed by atoms with van der Waals surface area (Å²) in [5, 5.41) is 12.8. The lowest BCUT2D eigenvalue weighted by atomic mass is 10.0. The first-order chi connectivity index (χ1) is 6.72. The van der Waals surface area contributed by atoms with Crippen molar-refractivity contribution in [1.82, 2.24) is 5.32 Å². The summed E-state index contributed by atoms with van der Waals surface area (Å²) in [5.41, 5.74) is 0. The summed E-state index contributed by atoms with van der Waals surface area (Å²) in [6.45, 7) is 3.90. The van der Waals surface area contributed by atoms with E-state index < -0.39 is 6.10 Å². The third-order valence-electron chi connectivity index (χ3n) is 2.49. The average Bonchev–Trinajstić information content (AvgIpc) is 2.15. The van der Waals surface area contributed by atoms with E-state index in [1.165, 1.54) is 0 Å². The number of hydrogen-bond acceptors (Lipinski definition) is 4. The minimum atomic E-state index is -0.404. The van der Waals surface area contributed by atoms with Crippen LogP contribution in [-0.4, -0.2) is 50.2 Å². The standard InChI is InChI=1S/C10H21NO3/c1-8-5-9(3-4-14-8)11-6-10(12)7-13-2/h8-12H,3-7H2,1-2H3. The second-order valence-electron chi connectivity index (χ2n) is 3.92. The van der Waals surface area contributed by atoms with E-state index in [2.05, 4.69) is 12.2 Å². The summed E-state index contributed by atoms with van der Waals surface area (Å²) >= 11 is 0. The van der Waals surface area contributed by atoms with Crippen molar-refractivity contribution in [3.05, 3.63) is 0 Å². The molecule has 0 spiro atoms. The highest BCUT2D eigenvalue weighted by Crippen LogP contribution is 2.12. The van der Waals surface area contributed by atoms with Crippen LogP contribution in [0.4, 0.5) is 0 Å². The Bertz CT molecular complexity index is 154. The maximum absolute atomic E-state index is 9.43. The zero-order valence-electron chi connectivity index (χ0n) is 9.03. The number of ether oxygens (including phenoxy) is 2. The van der Waals surface area contributed by atoms with E-state index in [0.29, 0.717) is 25.3 Å². The maximum atomic E-state index is 9.43. The molecule has 1 aliphatic rings. The van der Waals surface area contributed by atoms with Gasteiger partial charge in [0, 0.05) is 26.3 Å². The van der Waals surface area contributed by atoms with Gasteiger partial charge in [-0.1, -0.05) is 0 Å². The molecule has 0 saturated carbocycles. The van der Waals surface area contributed by atoms with Gasteiger partial charge in [0.15, 0.2) is 0 Å². The summed E-state index contributed by atoms with van der Waals surface area (Å²) in [5.74, 6) is 0. The van der Waals surface area contributed by atoms with Crippen LogP contribution in [0.15, 0.2) is 0 Å². The molecule has 14 heavy (non-hydrogen) atoms. The van der Waals surface area contributed by atoms with Crippen LogP contribution >= 0.6 is 0 Å². The number of aliphatic hydroxyl groups excluding tert-OH is 1. The first kappa shape index (κ1) is 11.9. The van der Waals surface area contributed by atoms with E-state index in [1.807, 2.05) is 0 Å². The number of methoxy groups -OCH3 is 1. The van der Waals surface area contributed by atoms with Crippen LogP contribution in [0.3, 0.4) is 0 Å². The molecule has 1 saturated heterocycles. The van der Waals surface area contributed by atoms with Crippen molar-refractivity contribution >= 4 is 0 Å². The van der Waals surface area contributed by atoms with Crippen molar-refractivity contribution in [3.8, 4) is 0 Å². The van der Waals surface area contributed by atoms with Gasteiger partial charge in [0.2, 0.25) is 0 Å². The monoisotopic (exact) mass is 203 g/mol. The molecule has 0 aromatic carbocycles. The normalized spacial score (nSPS) is 30.2. The minimum absolute atomic E-state index is 0.334. The largest absolute Gasteiger partial charge is 0.389 e. The van der Waals surface area contributed by atoms with Crippen molar-refractivity contribution in [3.63, 3.8) is 0 Å². The van der Waals surface area contributed by atoms with Crippen LogP contribution in [0, 0.1) is 0 Å². The van der Waals surface area contributed by atoms with Crippen LogP contribution in [0.25, 0.3) is 0 Å². The van der Waals surface area contributed by atoms with Gasteiger partial charge in [0.25, 0.3) is 0 Å². The third-order valence-corrected chi connectivity index (χ3v) is 2.49. The fraction of sp³-hybridized carbons (Fsp3) is 1.00. The lowest BCUT2D eigenvalue weighted by Crippen LogP contribution is -2.42. The molecule has 4 heteroatoms. The van der Waals surface area contributed by atoms with Gasteiger partial charge < -0.3 is 19.9 Å². The predicted octanol–water partition coefficient (Wildman–Crippen LogP) is 0.151. The Balaban J connectivity index is 2.10. The molecule has 0 aliphatic carbocycles. The molecule has 1 aliphatic heterocycles. The predicted molar refractivity (Wildman–Crippen MR) is 54.3 cm³/mol. The molecule has 0 aromatic rings. The zero-order chi connectivity index (χ0) is 10.4. The fourth-order valence-corrected chi connectivity index (χ4v) is 1.74. The quantitative estimate of drug-likeness (QED) is 0.668. The van der Waals surface area contributed by atoms with Gasteiger partial charge in [-0.05, 0) is 19.8 Å². The molecule has 3 unspecified atom stereocenters. The second-order valence-corrected chi connectivity index (χ2v) is 3.92. The van der Waals surface area contributed by atoms with E-state index in [1.54, 1.807) is 7.11 Å². The van der Waals surface area contributed by atoms with Crippen molar-refractivity contribution < 1.29 is 14.6 Å². The lowest BCUT2D eigenvalue weighted by Gasteiger charge is -2.28. The molecule has 0 amide bonds. The average molecular weight is 203 g/mol. The van der Waals surface area contributed by atoms with E-state index in [0.717, 1.165) is 19.4 Å². The Labute approximate surface area is 85.6 Å². The first-order valence-electron chi connectivity index (χ1n) is 5.24. The minimum Gasteiger partial charge on any atom is -0.389 e. The van der Waals surface area contributed by atoms with Crippen molar-refractivity contribution in [2.45, 2.75) is 38.0 Å². The molecule has 0 aromatic heterocycles. The molecule has 4 nitrogen and oxygen atoms in total. The summed E-state index contributed by atoms with van der Waals surface area (Å²) in [6, 6.07) is 0.477. The Hall–Kier alpha value is -0.160. The summed E-state index contributed by atoms with van der Waals surface area (Å²) in [4.78, 5) is 0. The highest BCUT2D eigenvalue weighted by atomic mass is 16.5. The SMILES string of the molecule is COCC(O)CNC1CCOC(C)C1. The fourth-order valence-electron chi connectivity index (χ4n) is 1.74. The van der Waals surface area contributed by atoms with Crippen LogP contribution in [0.5, 0.6) is 0 Å². The molecule has 1 fully saturated rings. The van der Waals surface area contributed by atoms with Gasteiger partial charge >= 0.3 is 0 Å². The highest BCUT2D eigenvalue weighted by molar-refractivity contribution is 4.75. The van der Waals surface area contributed by atoms with Crippen molar-refractivity contribution in [2.75, 3.05) is 26.9 Å². The first-order valence-corrected chi connectivity index (χ1v) is 5.24. The Morgan fingerprint density at radius 1 is 1.64 bits per heavy atom. The molecule has 3 atom stereocenters. The molecule has 2 N–H and O–H groups in total. The maximum Gasteiger partial charge on any atom is 0.0897 e. The van der Waals surface area contributed by atoms with Crippen molar-refractivity contribution in [2.24, 2.45) is 0 Å². The molecule has 84 valence electrons. The second kappa shape index (κ2) is 6.35.